The zero-order valence-electron chi connectivity index (χ0n) is 24.6. The third-order valence-electron chi connectivity index (χ3n) is 6.23. The molecule has 2 heterocycles. The number of anilines is 1. The predicted molar refractivity (Wildman–Crippen MR) is 158 cm³/mol. The third kappa shape index (κ3) is 11.4. The van der Waals surface area contributed by atoms with Crippen molar-refractivity contribution < 1.29 is 45.4 Å². The van der Waals surface area contributed by atoms with Crippen LogP contribution in [0.4, 0.5) is 32.0 Å². The summed E-state index contributed by atoms with van der Waals surface area (Å²) in [5.41, 5.74) is 0.0799. The first-order chi connectivity index (χ1) is 22.1. The Morgan fingerprint density at radius 1 is 0.957 bits per heavy atom. The number of nitrogens with zero attached hydrogens (tertiary/aromatic N) is 3. The molecule has 4 rings (SSSR count). The number of aromatic nitrogens is 3. The molecule has 17 heteroatoms. The van der Waals surface area contributed by atoms with Crippen LogP contribution in [-0.4, -0.2) is 39.0 Å². The van der Waals surface area contributed by atoms with Crippen LogP contribution in [0.25, 0.3) is 0 Å². The molecule has 0 radical (unpaired) electrons. The largest absolute Gasteiger partial charge is 0.573 e. The number of halogens is 6. The summed E-state index contributed by atoms with van der Waals surface area (Å²) in [6.07, 6.45) is -5.43. The van der Waals surface area contributed by atoms with E-state index in [1.54, 1.807) is 0 Å². The fourth-order valence-corrected chi connectivity index (χ4v) is 5.02. The van der Waals surface area contributed by atoms with E-state index in [0.29, 0.717) is 37.7 Å². The maximum Gasteiger partial charge on any atom is 0.573 e. The van der Waals surface area contributed by atoms with Crippen LogP contribution in [0.3, 0.4) is 0 Å². The highest BCUT2D eigenvalue weighted by molar-refractivity contribution is 7.13. The molecule has 0 saturated carbocycles. The summed E-state index contributed by atoms with van der Waals surface area (Å²) in [7, 11) is 0. The molecule has 0 spiro atoms. The molecule has 0 unspecified atom stereocenters. The summed E-state index contributed by atoms with van der Waals surface area (Å²) in [6, 6.07) is 10.8. The van der Waals surface area contributed by atoms with Crippen LogP contribution in [0.15, 0.2) is 65.6 Å². The van der Waals surface area contributed by atoms with Crippen molar-refractivity contribution in [1.82, 2.24) is 20.1 Å². The molecule has 47 heavy (non-hydrogen) atoms. The minimum atomic E-state index is -4.86. The minimum absolute atomic E-state index is 0.0316. The number of ether oxygens (including phenoxy) is 2. The van der Waals surface area contributed by atoms with Crippen molar-refractivity contribution in [2.24, 2.45) is 0 Å². The van der Waals surface area contributed by atoms with E-state index in [9.17, 15) is 40.7 Å². The molecule has 0 aliphatic carbocycles. The topological polar surface area (TPSA) is 124 Å². The van der Waals surface area contributed by atoms with Crippen molar-refractivity contribution in [1.29, 1.82) is 0 Å². The van der Waals surface area contributed by atoms with E-state index in [4.69, 9.17) is 0 Å². The molecule has 0 fully saturated rings. The van der Waals surface area contributed by atoms with Gasteiger partial charge in [-0.1, -0.05) is 23.5 Å². The monoisotopic (exact) mass is 683 g/mol. The van der Waals surface area contributed by atoms with Gasteiger partial charge in [-0.15, -0.1) is 23.4 Å². The standard InChI is InChI=1S/C30H27F6N5O5S/c1-29(32,33)45-22-8-9-23(31)19(15-22)17-37-27(44)28-40-39-25(47-28)7-2-3-11-41-12-10-20(16-26(41)43)38-24(42)14-18-5-4-6-21(13-18)46-30(34,35)36/h4-6,8-10,12-13,15-16H,2-3,7,11,14,17H2,1H3,(H,37,44)(H,38,42). The van der Waals surface area contributed by atoms with Gasteiger partial charge in [-0.3, -0.25) is 14.4 Å². The number of unbranched alkanes of at least 4 members (excludes halogenated alkanes) is 1. The molecule has 0 aliphatic rings. The van der Waals surface area contributed by atoms with Crippen molar-refractivity contribution in [3.63, 3.8) is 0 Å². The molecule has 0 aliphatic heterocycles. The van der Waals surface area contributed by atoms with E-state index >= 15 is 0 Å². The first-order valence-corrected chi connectivity index (χ1v) is 14.8. The number of pyridine rings is 1. The lowest BCUT2D eigenvalue weighted by atomic mass is 10.1. The Hall–Kier alpha value is -4.93. The summed E-state index contributed by atoms with van der Waals surface area (Å²) in [6.45, 7) is 0.603. The van der Waals surface area contributed by atoms with Crippen LogP contribution in [-0.2, 0) is 30.7 Å². The van der Waals surface area contributed by atoms with Gasteiger partial charge in [0, 0.05) is 49.9 Å². The lowest BCUT2D eigenvalue weighted by Gasteiger charge is -2.14. The molecule has 2 aromatic heterocycles. The highest BCUT2D eigenvalue weighted by atomic mass is 32.1. The normalized spacial score (nSPS) is 11.6. The Bertz CT molecular complexity index is 1770. The van der Waals surface area contributed by atoms with Gasteiger partial charge in [-0.05, 0) is 54.8 Å². The first kappa shape index (κ1) is 34.9. The van der Waals surface area contributed by atoms with Crippen LogP contribution in [0.5, 0.6) is 11.5 Å². The molecule has 4 aromatic rings. The van der Waals surface area contributed by atoms with E-state index in [-0.39, 0.29) is 46.1 Å². The number of nitrogens with one attached hydrogen (secondary N) is 2. The number of rotatable bonds is 14. The van der Waals surface area contributed by atoms with E-state index in [2.05, 4.69) is 30.3 Å². The van der Waals surface area contributed by atoms with Gasteiger partial charge >= 0.3 is 12.5 Å². The molecule has 2 aromatic carbocycles. The summed E-state index contributed by atoms with van der Waals surface area (Å²) < 4.78 is 87.3. The molecular formula is C30H27F6N5O5S. The Morgan fingerprint density at radius 3 is 2.45 bits per heavy atom. The van der Waals surface area contributed by atoms with Crippen molar-refractivity contribution >= 4 is 28.8 Å². The molecule has 0 bridgehead atoms. The van der Waals surface area contributed by atoms with Gasteiger partial charge in [0.1, 0.15) is 22.3 Å². The lowest BCUT2D eigenvalue weighted by Crippen LogP contribution is -2.23. The van der Waals surface area contributed by atoms with Crippen molar-refractivity contribution in [2.45, 2.75) is 58.2 Å². The highest BCUT2D eigenvalue weighted by Crippen LogP contribution is 2.25. The highest BCUT2D eigenvalue weighted by Gasteiger charge is 2.31. The van der Waals surface area contributed by atoms with E-state index in [0.717, 1.165) is 41.7 Å². The number of hydrogen-bond acceptors (Lipinski definition) is 8. The SMILES string of the molecule is CC(F)(F)Oc1ccc(F)c(CNC(=O)c2nnc(CCCCn3ccc(NC(=O)Cc4cccc(OC(F)(F)F)c4)cc3=O)s2)c1. The number of carbonyl (C=O) groups is 2. The van der Waals surface area contributed by atoms with Gasteiger partial charge < -0.3 is 24.7 Å². The third-order valence-corrected chi connectivity index (χ3v) is 7.21. The fraction of sp³-hybridized carbons (Fsp3) is 0.300. The van der Waals surface area contributed by atoms with Crippen LogP contribution in [0.2, 0.25) is 0 Å². The van der Waals surface area contributed by atoms with Gasteiger partial charge in [-0.25, -0.2) is 4.39 Å². The molecule has 0 atom stereocenters. The summed E-state index contributed by atoms with van der Waals surface area (Å²) >= 11 is 1.03. The second-order valence-electron chi connectivity index (χ2n) is 10.2. The molecule has 10 nitrogen and oxygen atoms in total. The molecular weight excluding hydrogens is 656 g/mol. The second-order valence-corrected chi connectivity index (χ2v) is 11.2. The van der Waals surface area contributed by atoms with Crippen LogP contribution in [0, 0.1) is 5.82 Å². The van der Waals surface area contributed by atoms with E-state index in [1.165, 1.54) is 35.0 Å². The van der Waals surface area contributed by atoms with Crippen LogP contribution >= 0.6 is 11.3 Å². The zero-order chi connectivity index (χ0) is 34.2. The smallest absolute Gasteiger partial charge is 0.433 e. The Morgan fingerprint density at radius 2 is 1.72 bits per heavy atom. The van der Waals surface area contributed by atoms with Gasteiger partial charge in [-0.2, -0.15) is 8.78 Å². The van der Waals surface area contributed by atoms with Gasteiger partial charge in [0.2, 0.25) is 10.9 Å². The second kappa shape index (κ2) is 15.1. The van der Waals surface area contributed by atoms with Crippen molar-refractivity contribution in [3.05, 3.63) is 98.1 Å². The maximum atomic E-state index is 14.1. The number of aryl methyl sites for hydroxylation is 2. The Kier molecular flexibility index (Phi) is 11.2. The number of hydrogen-bond donors (Lipinski definition) is 2. The van der Waals surface area contributed by atoms with Crippen LogP contribution < -0.4 is 25.7 Å². The van der Waals surface area contributed by atoms with E-state index < -0.39 is 35.9 Å². The van der Waals surface area contributed by atoms with Gasteiger partial charge in [0.05, 0.1) is 6.42 Å². The maximum absolute atomic E-state index is 14.1. The average molecular weight is 684 g/mol. The van der Waals surface area contributed by atoms with Crippen LogP contribution in [0.1, 0.15) is 45.7 Å². The lowest BCUT2D eigenvalue weighted by molar-refractivity contribution is -0.274. The molecule has 2 amide bonds. The van der Waals surface area contributed by atoms with Gasteiger partial charge in [0.15, 0.2) is 0 Å². The average Bonchev–Trinajstić information content (AvgIpc) is 3.44. The Labute approximate surface area is 267 Å². The fourth-order valence-electron chi connectivity index (χ4n) is 4.23. The number of alkyl halides is 5. The molecule has 250 valence electrons. The number of benzene rings is 2. The number of amides is 2. The van der Waals surface area contributed by atoms with E-state index in [1.807, 2.05) is 0 Å². The van der Waals surface area contributed by atoms with Crippen molar-refractivity contribution in [3.8, 4) is 11.5 Å². The molecule has 0 saturated heterocycles. The minimum Gasteiger partial charge on any atom is -0.433 e. The van der Waals surface area contributed by atoms with Crippen molar-refractivity contribution in [2.75, 3.05) is 5.32 Å². The zero-order valence-corrected chi connectivity index (χ0v) is 25.4. The Balaban J connectivity index is 1.21. The quantitative estimate of drug-likeness (QED) is 0.126. The molecule has 2 N–H and O–H groups in total. The summed E-state index contributed by atoms with van der Waals surface area (Å²) in [5, 5.41) is 13.4. The first-order valence-electron chi connectivity index (χ1n) is 13.9. The summed E-state index contributed by atoms with van der Waals surface area (Å²) in [4.78, 5) is 37.4. The number of carbonyl (C=O) groups excluding carboxylic acids is 2. The van der Waals surface area contributed by atoms with Gasteiger partial charge in [0.25, 0.3) is 11.5 Å². The summed E-state index contributed by atoms with van der Waals surface area (Å²) in [5.74, 6) is -2.57. The predicted octanol–water partition coefficient (Wildman–Crippen LogP) is 5.86.